The van der Waals surface area contributed by atoms with Gasteiger partial charge in [-0.2, -0.15) is 15.1 Å². The van der Waals surface area contributed by atoms with Gasteiger partial charge in [-0.15, -0.1) is 0 Å². The van der Waals surface area contributed by atoms with Gasteiger partial charge < -0.3 is 24.5 Å². The van der Waals surface area contributed by atoms with Crippen LogP contribution in [0.1, 0.15) is 31.4 Å². The number of hydrogen-bond acceptors (Lipinski definition) is 8. The molecule has 3 saturated heterocycles. The van der Waals surface area contributed by atoms with Crippen LogP contribution in [0.3, 0.4) is 0 Å². The Bertz CT molecular complexity index is 2200. The molecule has 3 atom stereocenters. The zero-order valence-corrected chi connectivity index (χ0v) is 27.5. The number of ether oxygens (including phenoxy) is 1. The van der Waals surface area contributed by atoms with E-state index in [1.165, 1.54) is 6.42 Å². The molecule has 0 spiro atoms. The second-order valence-corrected chi connectivity index (χ2v) is 13.9. The molecule has 0 saturated carbocycles. The molecule has 5 heterocycles. The van der Waals surface area contributed by atoms with Crippen LogP contribution in [0.4, 0.5) is 5.82 Å². The lowest BCUT2D eigenvalue weighted by atomic mass is 9.97. The molecule has 2 bridgehead atoms. The van der Waals surface area contributed by atoms with E-state index in [-0.39, 0.29) is 23.7 Å². The Morgan fingerprint density at radius 3 is 2.51 bits per heavy atom. The molecule has 3 aliphatic rings. The smallest absolute Gasteiger partial charge is 0.319 e. The number of H-pyrrole nitrogens is 1. The van der Waals surface area contributed by atoms with Crippen LogP contribution in [0.5, 0.6) is 11.8 Å². The summed E-state index contributed by atoms with van der Waals surface area (Å²) in [4.78, 5) is 30.5. The van der Waals surface area contributed by atoms with E-state index in [0.29, 0.717) is 38.2 Å². The van der Waals surface area contributed by atoms with E-state index < -0.39 is 0 Å². The number of nitrogens with one attached hydrogen (secondary N) is 1. The minimum absolute atomic E-state index is 0.117. The maximum Gasteiger partial charge on any atom is 0.319 e. The van der Waals surface area contributed by atoms with Gasteiger partial charge in [0.25, 0.3) is 0 Å². The van der Waals surface area contributed by atoms with E-state index >= 15 is 0 Å². The summed E-state index contributed by atoms with van der Waals surface area (Å²) in [6.45, 7) is 2.89. The molecule has 6 aromatic rings. The first kappa shape index (κ1) is 29.9. The van der Waals surface area contributed by atoms with Crippen LogP contribution in [-0.2, 0) is 11.2 Å². The van der Waals surface area contributed by atoms with Crippen LogP contribution < -0.4 is 9.64 Å². The van der Waals surface area contributed by atoms with Crippen LogP contribution in [0.25, 0.3) is 43.7 Å². The Morgan fingerprint density at radius 1 is 0.898 bits per heavy atom. The fourth-order valence-electron chi connectivity index (χ4n) is 8.28. The van der Waals surface area contributed by atoms with E-state index in [1.54, 1.807) is 6.07 Å². The zero-order valence-electron chi connectivity index (χ0n) is 27.5. The Labute approximate surface area is 284 Å². The van der Waals surface area contributed by atoms with Gasteiger partial charge in [0.15, 0.2) is 0 Å². The third kappa shape index (κ3) is 5.40. The van der Waals surface area contributed by atoms with Crippen LogP contribution >= 0.6 is 0 Å². The van der Waals surface area contributed by atoms with Crippen molar-refractivity contribution in [3.63, 3.8) is 0 Å². The molecule has 1 amide bonds. The largest absolute Gasteiger partial charge is 0.508 e. The average molecular weight is 654 g/mol. The van der Waals surface area contributed by atoms with Gasteiger partial charge in [-0.25, -0.2) is 0 Å². The Kier molecular flexibility index (Phi) is 7.34. The van der Waals surface area contributed by atoms with Crippen LogP contribution in [-0.4, -0.2) is 92.4 Å². The fourth-order valence-corrected chi connectivity index (χ4v) is 8.28. The molecule has 0 aliphatic carbocycles. The molecule has 9 rings (SSSR count). The minimum Gasteiger partial charge on any atom is -0.508 e. The maximum absolute atomic E-state index is 13.7. The van der Waals surface area contributed by atoms with Crippen molar-refractivity contribution in [3.8, 4) is 22.9 Å². The molecular formula is C39H39N7O3. The average Bonchev–Trinajstić information content (AvgIpc) is 3.80. The summed E-state index contributed by atoms with van der Waals surface area (Å²) in [6, 6.07) is 26.9. The highest BCUT2D eigenvalue weighted by molar-refractivity contribution is 6.01. The van der Waals surface area contributed by atoms with Crippen LogP contribution in [0.2, 0.25) is 0 Å². The van der Waals surface area contributed by atoms with Gasteiger partial charge in [-0.1, -0.05) is 48.5 Å². The van der Waals surface area contributed by atoms with Crippen LogP contribution in [0.15, 0.2) is 78.9 Å². The number of likely N-dealkylation sites (tertiary alicyclic amines) is 2. The number of aromatic amines is 1. The maximum atomic E-state index is 13.7. The number of carbonyl (C=O) groups is 1. The number of para-hydroxylation sites is 1. The number of likely N-dealkylation sites (N-methyl/N-ethyl adjacent to an activating group) is 1. The minimum atomic E-state index is 0.117. The summed E-state index contributed by atoms with van der Waals surface area (Å²) in [5.74, 6) is 1.21. The molecule has 49 heavy (non-hydrogen) atoms. The van der Waals surface area contributed by atoms with Gasteiger partial charge in [-0.05, 0) is 91.5 Å². The number of piperazine rings is 1. The number of aromatic hydroxyl groups is 1. The highest BCUT2D eigenvalue weighted by Crippen LogP contribution is 2.40. The summed E-state index contributed by atoms with van der Waals surface area (Å²) in [7, 11) is 2.15. The van der Waals surface area contributed by atoms with Crippen molar-refractivity contribution in [3.05, 3.63) is 84.6 Å². The van der Waals surface area contributed by atoms with Gasteiger partial charge in [0, 0.05) is 42.0 Å². The topological polar surface area (TPSA) is 111 Å². The summed E-state index contributed by atoms with van der Waals surface area (Å²) >= 11 is 0. The van der Waals surface area contributed by atoms with Gasteiger partial charge in [0.05, 0.1) is 23.1 Å². The lowest BCUT2D eigenvalue weighted by Crippen LogP contribution is -2.56. The molecule has 3 aliphatic heterocycles. The lowest BCUT2D eigenvalue weighted by molar-refractivity contribution is -0.131. The number of rotatable bonds is 7. The fraction of sp³-hybridized carbons (Fsp3) is 0.333. The molecule has 248 valence electrons. The molecule has 4 aromatic carbocycles. The number of nitrogens with zero attached hydrogens (tertiary/aromatic N) is 6. The SMILES string of the molecule is CN1CCC[C@H]1COc1nc(N2C3CCC2CN(C(=O)Cc2[nH]nc4ccccc24)C3)c2ccc(-c3cc(O)cc4ccccc34)cc2n1. The Morgan fingerprint density at radius 2 is 1.69 bits per heavy atom. The van der Waals surface area contributed by atoms with E-state index in [2.05, 4.69) is 51.3 Å². The van der Waals surface area contributed by atoms with Crippen molar-refractivity contribution in [2.24, 2.45) is 0 Å². The number of benzene rings is 4. The van der Waals surface area contributed by atoms with Crippen LogP contribution in [0, 0.1) is 0 Å². The molecule has 10 heteroatoms. The first-order valence-corrected chi connectivity index (χ1v) is 17.3. The molecule has 2 aromatic heterocycles. The monoisotopic (exact) mass is 653 g/mol. The number of amides is 1. The number of carbonyl (C=O) groups excluding carboxylic acids is 1. The second kappa shape index (κ2) is 12.0. The number of hydrogen-bond donors (Lipinski definition) is 2. The van der Waals surface area contributed by atoms with E-state index in [0.717, 1.165) is 81.0 Å². The molecular weight excluding hydrogens is 614 g/mol. The summed E-state index contributed by atoms with van der Waals surface area (Å²) in [6.07, 6.45) is 4.54. The van der Waals surface area contributed by atoms with Gasteiger partial charge >= 0.3 is 6.01 Å². The predicted molar refractivity (Wildman–Crippen MR) is 191 cm³/mol. The van der Waals surface area contributed by atoms with E-state index in [9.17, 15) is 9.90 Å². The lowest BCUT2D eigenvalue weighted by Gasteiger charge is -2.42. The van der Waals surface area contributed by atoms with Crippen molar-refractivity contribution >= 4 is 44.3 Å². The number of aromatic nitrogens is 4. The summed E-state index contributed by atoms with van der Waals surface area (Å²) in [5.41, 5.74) is 4.46. The number of anilines is 1. The van der Waals surface area contributed by atoms with Gasteiger partial charge in [0.1, 0.15) is 18.2 Å². The number of phenolic OH excluding ortho intramolecular Hbond substituents is 1. The molecule has 2 N–H and O–H groups in total. The molecule has 10 nitrogen and oxygen atoms in total. The van der Waals surface area contributed by atoms with Crippen molar-refractivity contribution in [2.45, 2.75) is 50.2 Å². The highest BCUT2D eigenvalue weighted by atomic mass is 16.5. The van der Waals surface area contributed by atoms with Crippen molar-refractivity contribution < 1.29 is 14.6 Å². The van der Waals surface area contributed by atoms with Crippen molar-refractivity contribution in [1.29, 1.82) is 0 Å². The number of phenols is 1. The van der Waals surface area contributed by atoms with Gasteiger partial charge in [0.2, 0.25) is 5.91 Å². The summed E-state index contributed by atoms with van der Waals surface area (Å²) in [5, 5.41) is 22.1. The van der Waals surface area contributed by atoms with E-state index in [4.69, 9.17) is 14.7 Å². The molecule has 0 radical (unpaired) electrons. The van der Waals surface area contributed by atoms with Crippen molar-refractivity contribution in [2.75, 3.05) is 38.2 Å². The number of fused-ring (bicyclic) bond motifs is 5. The molecule has 3 fully saturated rings. The highest BCUT2D eigenvalue weighted by Gasteiger charge is 2.43. The standard InChI is InChI=1S/C39H39N7O3/c1-44-16-6-8-28(44)23-49-39-40-35-18-25(33-19-29(47)17-24-7-2-3-9-30(24)33)12-15-32(35)38(41-39)46-26-13-14-27(46)22-45(21-26)37(48)20-36-31-10-4-5-11-34(31)42-43-36/h2-5,7,9-12,15,17-19,26-28,47H,6,8,13-14,16,20-23H2,1H3,(H,42,43)/t26?,27?,28-/m0/s1. The van der Waals surface area contributed by atoms with Crippen molar-refractivity contribution in [1.82, 2.24) is 30.0 Å². The second-order valence-electron chi connectivity index (χ2n) is 13.9. The third-order valence-electron chi connectivity index (χ3n) is 10.8. The van der Waals surface area contributed by atoms with Gasteiger partial charge in [-0.3, -0.25) is 9.89 Å². The van der Waals surface area contributed by atoms with E-state index in [1.807, 2.05) is 53.4 Å². The quantitative estimate of drug-likeness (QED) is 0.218. The normalized spacial score (nSPS) is 21.0. The Balaban J connectivity index is 1.05. The summed E-state index contributed by atoms with van der Waals surface area (Å²) < 4.78 is 6.37. The first-order chi connectivity index (χ1) is 24.0. The Hall–Kier alpha value is -5.22. The predicted octanol–water partition coefficient (Wildman–Crippen LogP) is 5.93. The zero-order chi connectivity index (χ0) is 33.1. The first-order valence-electron chi connectivity index (χ1n) is 17.3. The third-order valence-corrected chi connectivity index (χ3v) is 10.8. The molecule has 2 unspecified atom stereocenters.